The van der Waals surface area contributed by atoms with Crippen LogP contribution in [-0.2, 0) is 0 Å². The van der Waals surface area contributed by atoms with Crippen molar-refractivity contribution in [2.75, 3.05) is 24.6 Å². The third-order valence-corrected chi connectivity index (χ3v) is 5.29. The maximum absolute atomic E-state index is 5.81. The molecule has 0 amide bonds. The van der Waals surface area contributed by atoms with Gasteiger partial charge in [0, 0.05) is 18.8 Å². The lowest BCUT2D eigenvalue weighted by Crippen LogP contribution is -2.29. The lowest BCUT2D eigenvalue weighted by molar-refractivity contribution is 0.309. The van der Waals surface area contributed by atoms with Crippen molar-refractivity contribution in [1.29, 1.82) is 0 Å². The first-order valence-corrected chi connectivity index (χ1v) is 10.7. The van der Waals surface area contributed by atoms with Crippen LogP contribution < -0.4 is 9.64 Å². The number of hydrogen-bond donors (Lipinski definition) is 0. The van der Waals surface area contributed by atoms with Gasteiger partial charge in [-0.25, -0.2) is 0 Å². The van der Waals surface area contributed by atoms with Gasteiger partial charge >= 0.3 is 0 Å². The maximum Gasteiger partial charge on any atom is 0.119 e. The van der Waals surface area contributed by atoms with E-state index in [1.54, 1.807) is 0 Å². The number of unbranched alkanes of at least 4 members (excludes halogenated alkanes) is 1. The number of hydrogen-bond acceptors (Lipinski definition) is 2. The Labute approximate surface area is 170 Å². The highest BCUT2D eigenvalue weighted by Crippen LogP contribution is 2.28. The molecule has 0 unspecified atom stereocenters. The summed E-state index contributed by atoms with van der Waals surface area (Å²) in [5, 5.41) is 0. The maximum atomic E-state index is 5.81. The second kappa shape index (κ2) is 10.8. The monoisotopic (exact) mass is 375 g/mol. The molecular formula is C26H33NO. The van der Waals surface area contributed by atoms with Crippen LogP contribution in [0.25, 0.3) is 5.57 Å². The molecule has 0 atom stereocenters. The van der Waals surface area contributed by atoms with Crippen molar-refractivity contribution >= 4 is 11.3 Å². The molecular weight excluding hydrogens is 342 g/mol. The minimum absolute atomic E-state index is 0.787. The first kappa shape index (κ1) is 20.3. The molecule has 0 aromatic heterocycles. The molecule has 2 nitrogen and oxygen atoms in total. The van der Waals surface area contributed by atoms with Crippen molar-refractivity contribution < 1.29 is 4.74 Å². The Bertz CT molecular complexity index is 765. The van der Waals surface area contributed by atoms with Crippen molar-refractivity contribution in [2.45, 2.75) is 46.0 Å². The van der Waals surface area contributed by atoms with E-state index in [1.807, 2.05) is 0 Å². The van der Waals surface area contributed by atoms with Gasteiger partial charge in [0.2, 0.25) is 0 Å². The van der Waals surface area contributed by atoms with Crippen LogP contribution in [0.3, 0.4) is 0 Å². The fourth-order valence-corrected chi connectivity index (χ4v) is 3.62. The molecule has 1 aliphatic rings. The Morgan fingerprint density at radius 3 is 2.18 bits per heavy atom. The lowest BCUT2D eigenvalue weighted by atomic mass is 9.96. The first-order valence-electron chi connectivity index (χ1n) is 10.7. The second-order valence-electron chi connectivity index (χ2n) is 7.43. The quantitative estimate of drug-likeness (QED) is 0.369. The molecule has 3 rings (SSSR count). The van der Waals surface area contributed by atoms with Gasteiger partial charge in [-0.15, -0.1) is 0 Å². The molecule has 0 radical (unpaired) electrons. The first-order chi connectivity index (χ1) is 13.8. The average Bonchev–Trinajstić information content (AvgIpc) is 2.76. The predicted molar refractivity (Wildman–Crippen MR) is 121 cm³/mol. The molecule has 2 heteroatoms. The van der Waals surface area contributed by atoms with Gasteiger partial charge in [0.1, 0.15) is 5.75 Å². The molecule has 0 aliphatic carbocycles. The van der Waals surface area contributed by atoms with E-state index in [2.05, 4.69) is 85.5 Å². The molecule has 1 heterocycles. The van der Waals surface area contributed by atoms with Crippen LogP contribution in [0.1, 0.15) is 57.1 Å². The van der Waals surface area contributed by atoms with Crippen molar-refractivity contribution in [2.24, 2.45) is 0 Å². The molecule has 2 aromatic carbocycles. The summed E-state index contributed by atoms with van der Waals surface area (Å²) in [6, 6.07) is 17.5. The number of rotatable bonds is 8. The van der Waals surface area contributed by atoms with Crippen molar-refractivity contribution in [3.8, 4) is 5.75 Å². The van der Waals surface area contributed by atoms with Gasteiger partial charge in [0.05, 0.1) is 6.61 Å². The number of ether oxygens (including phenoxy) is 1. The molecule has 0 bridgehead atoms. The SMILES string of the molecule is CC=CC=C(c1ccc(OCCCC)cc1)c1ccc(N2CCCCC2)cc1. The van der Waals surface area contributed by atoms with Gasteiger partial charge in [0.25, 0.3) is 0 Å². The van der Waals surface area contributed by atoms with Gasteiger partial charge in [-0.05, 0) is 73.6 Å². The molecule has 1 saturated heterocycles. The van der Waals surface area contributed by atoms with Gasteiger partial charge in [-0.1, -0.05) is 55.8 Å². The summed E-state index contributed by atoms with van der Waals surface area (Å²) in [6.07, 6.45) is 12.6. The highest BCUT2D eigenvalue weighted by atomic mass is 16.5. The number of anilines is 1. The summed E-state index contributed by atoms with van der Waals surface area (Å²) in [6.45, 7) is 7.38. The van der Waals surface area contributed by atoms with Crippen LogP contribution in [0.4, 0.5) is 5.69 Å². The minimum atomic E-state index is 0.787. The van der Waals surface area contributed by atoms with Crippen LogP contribution >= 0.6 is 0 Å². The van der Waals surface area contributed by atoms with E-state index < -0.39 is 0 Å². The summed E-state index contributed by atoms with van der Waals surface area (Å²) < 4.78 is 5.81. The Hall–Kier alpha value is -2.48. The largest absolute Gasteiger partial charge is 0.494 e. The minimum Gasteiger partial charge on any atom is -0.494 e. The van der Waals surface area contributed by atoms with E-state index in [0.717, 1.165) is 25.2 Å². The molecule has 148 valence electrons. The van der Waals surface area contributed by atoms with Gasteiger partial charge in [-0.2, -0.15) is 0 Å². The van der Waals surface area contributed by atoms with Crippen LogP contribution in [0.5, 0.6) is 5.75 Å². The van der Waals surface area contributed by atoms with E-state index >= 15 is 0 Å². The topological polar surface area (TPSA) is 12.5 Å². The fourth-order valence-electron chi connectivity index (χ4n) is 3.62. The zero-order valence-electron chi connectivity index (χ0n) is 17.4. The Balaban J connectivity index is 1.78. The summed E-state index contributed by atoms with van der Waals surface area (Å²) in [7, 11) is 0. The summed E-state index contributed by atoms with van der Waals surface area (Å²) >= 11 is 0. The van der Waals surface area contributed by atoms with Crippen LogP contribution in [0.2, 0.25) is 0 Å². The van der Waals surface area contributed by atoms with E-state index in [-0.39, 0.29) is 0 Å². The van der Waals surface area contributed by atoms with Crippen molar-refractivity contribution in [3.63, 3.8) is 0 Å². The van der Waals surface area contributed by atoms with Crippen LogP contribution in [0.15, 0.2) is 66.8 Å². The Morgan fingerprint density at radius 1 is 0.929 bits per heavy atom. The molecule has 0 N–H and O–H groups in total. The average molecular weight is 376 g/mol. The van der Waals surface area contributed by atoms with Gasteiger partial charge in [0.15, 0.2) is 0 Å². The lowest BCUT2D eigenvalue weighted by Gasteiger charge is -2.29. The third-order valence-electron chi connectivity index (χ3n) is 5.29. The summed E-state index contributed by atoms with van der Waals surface area (Å²) in [5.41, 5.74) is 5.04. The molecule has 0 saturated carbocycles. The van der Waals surface area contributed by atoms with E-state index in [4.69, 9.17) is 4.74 Å². The van der Waals surface area contributed by atoms with Crippen molar-refractivity contribution in [3.05, 3.63) is 77.9 Å². The van der Waals surface area contributed by atoms with Crippen molar-refractivity contribution in [1.82, 2.24) is 0 Å². The van der Waals surface area contributed by atoms with E-state index in [9.17, 15) is 0 Å². The predicted octanol–water partition coefficient (Wildman–Crippen LogP) is 6.86. The Morgan fingerprint density at radius 2 is 1.57 bits per heavy atom. The number of nitrogens with zero attached hydrogens (tertiary/aromatic N) is 1. The van der Waals surface area contributed by atoms with E-state index in [1.165, 1.54) is 54.7 Å². The fraction of sp³-hybridized carbons (Fsp3) is 0.385. The normalized spacial score (nSPS) is 15.2. The van der Waals surface area contributed by atoms with Crippen LogP contribution in [0, 0.1) is 0 Å². The van der Waals surface area contributed by atoms with Gasteiger partial charge < -0.3 is 9.64 Å². The smallest absolute Gasteiger partial charge is 0.119 e. The second-order valence-corrected chi connectivity index (χ2v) is 7.43. The molecule has 0 spiro atoms. The van der Waals surface area contributed by atoms with E-state index in [0.29, 0.717) is 0 Å². The highest BCUT2D eigenvalue weighted by molar-refractivity contribution is 5.81. The highest BCUT2D eigenvalue weighted by Gasteiger charge is 2.11. The number of piperidine rings is 1. The summed E-state index contributed by atoms with van der Waals surface area (Å²) in [5.74, 6) is 0.947. The summed E-state index contributed by atoms with van der Waals surface area (Å²) in [4.78, 5) is 2.51. The standard InChI is InChI=1S/C26H33NO/c1-3-5-10-26(23-13-17-25(18-14-23)28-21-6-4-2)22-11-15-24(16-12-22)27-19-8-7-9-20-27/h3,5,10-18H,4,6-9,19-21H2,1-2H3. The third kappa shape index (κ3) is 5.51. The number of benzene rings is 2. The Kier molecular flexibility index (Phi) is 7.78. The zero-order chi connectivity index (χ0) is 19.6. The zero-order valence-corrected chi connectivity index (χ0v) is 17.4. The molecule has 1 fully saturated rings. The van der Waals surface area contributed by atoms with Gasteiger partial charge in [-0.3, -0.25) is 0 Å². The molecule has 2 aromatic rings. The molecule has 1 aliphatic heterocycles. The van der Waals surface area contributed by atoms with Crippen LogP contribution in [-0.4, -0.2) is 19.7 Å². The molecule has 28 heavy (non-hydrogen) atoms. The number of allylic oxidation sites excluding steroid dienone is 3.